The molecule has 1 aliphatic carbocycles. The average Bonchev–Trinajstić information content (AvgIpc) is 3.34. The largest absolute Gasteiger partial charge is 0.0654 e. The number of hydrogen-bond donors (Lipinski definition) is 0. The van der Waals surface area contributed by atoms with Crippen molar-refractivity contribution < 1.29 is 0 Å². The molecule has 0 aromatic heterocycles. The molecule has 0 heteroatoms. The van der Waals surface area contributed by atoms with Crippen molar-refractivity contribution in [2.45, 2.75) is 418 Å². The van der Waals surface area contributed by atoms with Gasteiger partial charge in [-0.25, -0.2) is 0 Å². The summed E-state index contributed by atoms with van der Waals surface area (Å²) in [4.78, 5) is 0. The van der Waals surface area contributed by atoms with E-state index in [1.807, 2.05) is 0 Å². The van der Waals surface area contributed by atoms with Gasteiger partial charge in [-0.1, -0.05) is 418 Å². The Morgan fingerprint density at radius 1 is 0.167 bits per heavy atom. The van der Waals surface area contributed by atoms with Crippen LogP contribution in [0.3, 0.4) is 0 Å². The summed E-state index contributed by atoms with van der Waals surface area (Å²) in [6.45, 7) is 2.32. The van der Waals surface area contributed by atoms with Crippen LogP contribution in [0.2, 0.25) is 0 Å². The monoisotopic (exact) mass is 925 g/mol. The van der Waals surface area contributed by atoms with E-state index in [9.17, 15) is 0 Å². The van der Waals surface area contributed by atoms with Gasteiger partial charge >= 0.3 is 0 Å². The van der Waals surface area contributed by atoms with Crippen molar-refractivity contribution in [2.24, 2.45) is 5.92 Å². The van der Waals surface area contributed by atoms with Gasteiger partial charge in [-0.2, -0.15) is 0 Å². The van der Waals surface area contributed by atoms with E-state index < -0.39 is 0 Å². The van der Waals surface area contributed by atoms with Crippen molar-refractivity contribution in [3.8, 4) is 0 Å². The van der Waals surface area contributed by atoms with Crippen LogP contribution in [0.5, 0.6) is 0 Å². The van der Waals surface area contributed by atoms with Gasteiger partial charge in [0.25, 0.3) is 0 Å². The zero-order valence-electron chi connectivity index (χ0n) is 46.8. The zero-order valence-corrected chi connectivity index (χ0v) is 46.8. The maximum Gasteiger partial charge on any atom is -0.0414 e. The first-order valence-electron chi connectivity index (χ1n) is 32.9. The summed E-state index contributed by atoms with van der Waals surface area (Å²) in [6, 6.07) is 0. The molecule has 0 aliphatic heterocycles. The van der Waals surface area contributed by atoms with Gasteiger partial charge in [0, 0.05) is 0 Å². The van der Waals surface area contributed by atoms with E-state index in [2.05, 4.69) is 6.92 Å². The van der Waals surface area contributed by atoms with E-state index >= 15 is 0 Å². The van der Waals surface area contributed by atoms with Gasteiger partial charge in [0.2, 0.25) is 0 Å². The molecule has 0 saturated heterocycles. The second-order valence-corrected chi connectivity index (χ2v) is 23.4. The third-order valence-electron chi connectivity index (χ3n) is 16.7. The number of hydrogen-bond acceptors (Lipinski definition) is 0. The number of rotatable bonds is 59. The summed E-state index contributed by atoms with van der Waals surface area (Å²) in [5, 5.41) is 0. The summed E-state index contributed by atoms with van der Waals surface area (Å²) in [5.41, 5.74) is 0. The first-order chi connectivity index (χ1) is 32.9. The van der Waals surface area contributed by atoms with Gasteiger partial charge < -0.3 is 0 Å². The summed E-state index contributed by atoms with van der Waals surface area (Å²) in [5.74, 6) is 1.10. The van der Waals surface area contributed by atoms with Gasteiger partial charge in [0.1, 0.15) is 0 Å². The first kappa shape index (κ1) is 64.0. The predicted octanol–water partition coefficient (Wildman–Crippen LogP) is 25.6. The van der Waals surface area contributed by atoms with Gasteiger partial charge in [-0.3, -0.25) is 0 Å². The first-order valence-corrected chi connectivity index (χ1v) is 32.9. The lowest BCUT2D eigenvalue weighted by atomic mass is 9.85. The third-order valence-corrected chi connectivity index (χ3v) is 16.7. The Morgan fingerprint density at radius 3 is 0.455 bits per heavy atom. The van der Waals surface area contributed by atoms with E-state index in [1.54, 1.807) is 19.3 Å². The Labute approximate surface area is 421 Å². The van der Waals surface area contributed by atoms with Crippen LogP contribution in [-0.2, 0) is 0 Å². The van der Waals surface area contributed by atoms with Gasteiger partial charge in [-0.15, -0.1) is 0 Å². The standard InChI is InChI=1S/C66H132/c1-2-3-4-5-6-7-8-9-10-11-12-13-14-15-16-17-18-19-20-21-22-23-24-25-26-27-28-29-30-31-32-33-34-35-36-37-38-39-40-41-42-43-44-45-46-47-48-49-50-51-52-53-54-55-56-57-58-60-63-66-64-61-59-62-65-66/h66H,2-65H2,1H3. The van der Waals surface area contributed by atoms with Crippen molar-refractivity contribution >= 4 is 0 Å². The van der Waals surface area contributed by atoms with E-state index in [0.717, 1.165) is 5.92 Å². The van der Waals surface area contributed by atoms with Crippen molar-refractivity contribution in [3.05, 3.63) is 0 Å². The third kappa shape index (κ3) is 54.9. The van der Waals surface area contributed by atoms with Gasteiger partial charge in [0.05, 0.1) is 0 Å². The summed E-state index contributed by atoms with van der Waals surface area (Å²) in [7, 11) is 0. The highest BCUT2D eigenvalue weighted by Crippen LogP contribution is 2.28. The SMILES string of the molecule is CCCCCCCCCCCCCCCCCCCCCCCCCCCCCCCCCCCCCCCCCCCCCCCCCCCCCCCCCCCCC1CCCCC1. The quantitative estimate of drug-likeness (QED) is 0.0533. The van der Waals surface area contributed by atoms with Crippen molar-refractivity contribution in [3.63, 3.8) is 0 Å². The van der Waals surface area contributed by atoms with Crippen LogP contribution < -0.4 is 0 Å². The molecule has 0 atom stereocenters. The average molecular weight is 926 g/mol. The van der Waals surface area contributed by atoms with Crippen LogP contribution in [0.1, 0.15) is 418 Å². The van der Waals surface area contributed by atoms with Crippen molar-refractivity contribution in [1.29, 1.82) is 0 Å². The Hall–Kier alpha value is 0. The zero-order chi connectivity index (χ0) is 46.8. The molecule has 0 radical (unpaired) electrons. The number of unbranched alkanes of at least 4 members (excludes halogenated alkanes) is 57. The van der Waals surface area contributed by atoms with Crippen LogP contribution >= 0.6 is 0 Å². The molecule has 1 rings (SSSR count). The second-order valence-electron chi connectivity index (χ2n) is 23.4. The molecule has 0 heterocycles. The highest BCUT2D eigenvalue weighted by atomic mass is 14.2. The fraction of sp³-hybridized carbons (Fsp3) is 1.00. The molecule has 0 nitrogen and oxygen atoms in total. The Balaban J connectivity index is 1.58. The highest BCUT2D eigenvalue weighted by Gasteiger charge is 2.12. The Bertz CT molecular complexity index is 807. The fourth-order valence-corrected chi connectivity index (χ4v) is 11.9. The molecule has 0 bridgehead atoms. The Kier molecular flexibility index (Phi) is 57.5. The van der Waals surface area contributed by atoms with Crippen LogP contribution in [-0.4, -0.2) is 0 Å². The summed E-state index contributed by atoms with van der Waals surface area (Å²) in [6.07, 6.45) is 95.9. The molecular formula is C66H132. The lowest BCUT2D eigenvalue weighted by Crippen LogP contribution is -2.05. The molecule has 1 fully saturated rings. The maximum absolute atomic E-state index is 2.32. The molecule has 1 aliphatic rings. The fourth-order valence-electron chi connectivity index (χ4n) is 11.9. The maximum atomic E-state index is 2.32. The van der Waals surface area contributed by atoms with Gasteiger partial charge in [0.15, 0.2) is 0 Å². The molecule has 0 aromatic rings. The minimum Gasteiger partial charge on any atom is -0.0654 e. The molecule has 0 amide bonds. The van der Waals surface area contributed by atoms with E-state index in [0.29, 0.717) is 0 Å². The van der Waals surface area contributed by atoms with Crippen LogP contribution in [0.25, 0.3) is 0 Å². The van der Waals surface area contributed by atoms with Gasteiger partial charge in [-0.05, 0) is 5.92 Å². The molecule has 0 aromatic carbocycles. The molecule has 1 saturated carbocycles. The lowest BCUT2D eigenvalue weighted by Gasteiger charge is -2.21. The predicted molar refractivity (Wildman–Crippen MR) is 305 cm³/mol. The Morgan fingerprint density at radius 2 is 0.303 bits per heavy atom. The molecule has 396 valence electrons. The second kappa shape index (κ2) is 59.3. The minimum atomic E-state index is 1.10. The lowest BCUT2D eigenvalue weighted by molar-refractivity contribution is 0.328. The molecule has 0 spiro atoms. The van der Waals surface area contributed by atoms with Crippen LogP contribution in [0, 0.1) is 5.92 Å². The normalized spacial score (nSPS) is 13.4. The molecular weight excluding hydrogens is 793 g/mol. The highest BCUT2D eigenvalue weighted by molar-refractivity contribution is 4.66. The van der Waals surface area contributed by atoms with Crippen molar-refractivity contribution in [1.82, 2.24) is 0 Å². The van der Waals surface area contributed by atoms with E-state index in [1.165, 1.54) is 392 Å². The van der Waals surface area contributed by atoms with E-state index in [4.69, 9.17) is 0 Å². The summed E-state index contributed by atoms with van der Waals surface area (Å²) < 4.78 is 0. The van der Waals surface area contributed by atoms with Crippen molar-refractivity contribution in [2.75, 3.05) is 0 Å². The smallest absolute Gasteiger partial charge is 0.0414 e. The molecule has 0 N–H and O–H groups in total. The molecule has 66 heavy (non-hydrogen) atoms. The van der Waals surface area contributed by atoms with E-state index in [-0.39, 0.29) is 0 Å². The molecule has 0 unspecified atom stereocenters. The van der Waals surface area contributed by atoms with Crippen LogP contribution in [0.4, 0.5) is 0 Å². The minimum absolute atomic E-state index is 1.10. The van der Waals surface area contributed by atoms with Crippen LogP contribution in [0.15, 0.2) is 0 Å². The topological polar surface area (TPSA) is 0 Å². The summed E-state index contributed by atoms with van der Waals surface area (Å²) >= 11 is 0.